The van der Waals surface area contributed by atoms with Crippen molar-refractivity contribution in [2.75, 3.05) is 20.2 Å². The summed E-state index contributed by atoms with van der Waals surface area (Å²) in [5, 5.41) is 18.9. The lowest BCUT2D eigenvalue weighted by Crippen LogP contribution is -2.47. The number of amides is 1. The zero-order valence-electron chi connectivity index (χ0n) is 17.5. The minimum Gasteiger partial charge on any atom is -0.497 e. The summed E-state index contributed by atoms with van der Waals surface area (Å²) in [5.74, 6) is 0.717. The number of hydrogen-bond donors (Lipinski definition) is 1. The maximum absolute atomic E-state index is 12.3. The molecular formula is C21H30N4O4. The molecule has 0 bridgehead atoms. The Morgan fingerprint density at radius 1 is 1.28 bits per heavy atom. The number of carbonyl (C=O) groups is 1. The number of aromatic nitrogens is 3. The maximum atomic E-state index is 12.3. The molecule has 1 aliphatic heterocycles. The number of aliphatic hydroxyl groups excluding tert-OH is 1. The summed E-state index contributed by atoms with van der Waals surface area (Å²) in [4.78, 5) is 13.8. The second-order valence-electron chi connectivity index (χ2n) is 8.37. The lowest BCUT2D eigenvalue weighted by Gasteiger charge is -2.36. The van der Waals surface area contributed by atoms with Crippen molar-refractivity contribution in [1.29, 1.82) is 0 Å². The smallest absolute Gasteiger partial charge is 0.410 e. The summed E-state index contributed by atoms with van der Waals surface area (Å²) in [5.41, 5.74) is 1.52. The number of likely N-dealkylation sites (tertiary alicyclic amines) is 1. The number of rotatable bonds is 5. The van der Waals surface area contributed by atoms with E-state index in [9.17, 15) is 9.90 Å². The van der Waals surface area contributed by atoms with Gasteiger partial charge in [0.05, 0.1) is 31.6 Å². The van der Waals surface area contributed by atoms with Crippen molar-refractivity contribution in [1.82, 2.24) is 19.9 Å². The molecule has 0 saturated carbocycles. The molecule has 1 aromatic carbocycles. The molecule has 2 atom stereocenters. The standard InChI is InChI=1S/C21H30N4O4/c1-21(2,3)29-20(27)24-11-10-17(19(26)14-24)18-13-22-23-25(18)12-9-15-5-7-16(28-4)8-6-15/h5-8,13,17,19,26H,9-12,14H2,1-4H3/t17-,19+/m0/s1. The van der Waals surface area contributed by atoms with Gasteiger partial charge in [0, 0.05) is 19.0 Å². The molecule has 0 unspecified atom stereocenters. The molecule has 158 valence electrons. The third-order valence-corrected chi connectivity index (χ3v) is 5.03. The first kappa shape index (κ1) is 21.1. The van der Waals surface area contributed by atoms with Crippen LogP contribution in [-0.4, -0.2) is 63.0 Å². The maximum Gasteiger partial charge on any atom is 0.410 e. The topological polar surface area (TPSA) is 89.7 Å². The predicted octanol–water partition coefficient (Wildman–Crippen LogP) is 2.61. The molecule has 1 saturated heterocycles. The first-order valence-corrected chi connectivity index (χ1v) is 9.94. The van der Waals surface area contributed by atoms with E-state index in [1.165, 1.54) is 5.56 Å². The molecule has 0 radical (unpaired) electrons. The number of aliphatic hydroxyl groups is 1. The number of ether oxygens (including phenoxy) is 2. The van der Waals surface area contributed by atoms with Crippen molar-refractivity contribution in [2.24, 2.45) is 0 Å². The zero-order valence-corrected chi connectivity index (χ0v) is 17.5. The van der Waals surface area contributed by atoms with Crippen LogP contribution in [-0.2, 0) is 17.7 Å². The molecule has 8 heteroatoms. The van der Waals surface area contributed by atoms with E-state index >= 15 is 0 Å². The normalized spacial score (nSPS) is 19.8. The average Bonchev–Trinajstić information content (AvgIpc) is 3.13. The number of methoxy groups -OCH3 is 1. The Balaban J connectivity index is 1.60. The summed E-state index contributed by atoms with van der Waals surface area (Å²) in [7, 11) is 1.65. The Morgan fingerprint density at radius 2 is 2.00 bits per heavy atom. The van der Waals surface area contributed by atoms with Crippen LogP contribution in [0.1, 0.15) is 44.4 Å². The highest BCUT2D eigenvalue weighted by molar-refractivity contribution is 5.68. The van der Waals surface area contributed by atoms with E-state index < -0.39 is 11.7 Å². The van der Waals surface area contributed by atoms with E-state index in [0.717, 1.165) is 17.9 Å². The summed E-state index contributed by atoms with van der Waals surface area (Å²) in [6.07, 6.45) is 2.07. The van der Waals surface area contributed by atoms with Gasteiger partial charge in [-0.15, -0.1) is 5.10 Å². The van der Waals surface area contributed by atoms with Crippen molar-refractivity contribution >= 4 is 6.09 Å². The summed E-state index contributed by atoms with van der Waals surface area (Å²) >= 11 is 0. The Kier molecular flexibility index (Phi) is 6.42. The van der Waals surface area contributed by atoms with Crippen LogP contribution in [0.25, 0.3) is 0 Å². The lowest BCUT2D eigenvalue weighted by molar-refractivity contribution is -0.00231. The minimum absolute atomic E-state index is 0.112. The Hall–Kier alpha value is -2.61. The molecular weight excluding hydrogens is 372 g/mol. The van der Waals surface area contributed by atoms with Crippen LogP contribution in [0.5, 0.6) is 5.75 Å². The SMILES string of the molecule is COc1ccc(CCn2nncc2[C@@H]2CCN(C(=O)OC(C)(C)C)C[C@H]2O)cc1. The highest BCUT2D eigenvalue weighted by Crippen LogP contribution is 2.29. The Morgan fingerprint density at radius 3 is 2.62 bits per heavy atom. The van der Waals surface area contributed by atoms with Crippen molar-refractivity contribution in [3.05, 3.63) is 41.7 Å². The van der Waals surface area contributed by atoms with E-state index in [0.29, 0.717) is 19.5 Å². The van der Waals surface area contributed by atoms with Gasteiger partial charge in [0.2, 0.25) is 0 Å². The summed E-state index contributed by atoms with van der Waals surface area (Å²) in [6, 6.07) is 7.94. The van der Waals surface area contributed by atoms with Crippen LogP contribution >= 0.6 is 0 Å². The third kappa shape index (κ3) is 5.47. The van der Waals surface area contributed by atoms with E-state index in [1.807, 2.05) is 49.7 Å². The average molecular weight is 402 g/mol. The highest BCUT2D eigenvalue weighted by atomic mass is 16.6. The van der Waals surface area contributed by atoms with Crippen molar-refractivity contribution in [2.45, 2.75) is 57.8 Å². The number of nitrogens with zero attached hydrogens (tertiary/aromatic N) is 4. The van der Waals surface area contributed by atoms with E-state index in [-0.39, 0.29) is 18.6 Å². The van der Waals surface area contributed by atoms with E-state index in [1.54, 1.807) is 18.2 Å². The zero-order chi connectivity index (χ0) is 21.0. The molecule has 2 heterocycles. The monoisotopic (exact) mass is 402 g/mol. The van der Waals surface area contributed by atoms with Gasteiger partial charge in [0.1, 0.15) is 11.4 Å². The summed E-state index contributed by atoms with van der Waals surface area (Å²) < 4.78 is 12.5. The van der Waals surface area contributed by atoms with Gasteiger partial charge < -0.3 is 19.5 Å². The van der Waals surface area contributed by atoms with Crippen LogP contribution in [0, 0.1) is 0 Å². The van der Waals surface area contributed by atoms with Crippen molar-refractivity contribution in [3.63, 3.8) is 0 Å². The van der Waals surface area contributed by atoms with E-state index in [2.05, 4.69) is 10.3 Å². The second-order valence-corrected chi connectivity index (χ2v) is 8.37. The minimum atomic E-state index is -0.686. The molecule has 2 aromatic rings. The molecule has 8 nitrogen and oxygen atoms in total. The van der Waals surface area contributed by atoms with Gasteiger partial charge in [-0.05, 0) is 51.3 Å². The molecule has 1 N–H and O–H groups in total. The molecule has 29 heavy (non-hydrogen) atoms. The van der Waals surface area contributed by atoms with Crippen LogP contribution < -0.4 is 4.74 Å². The van der Waals surface area contributed by atoms with Gasteiger partial charge in [-0.2, -0.15) is 0 Å². The van der Waals surface area contributed by atoms with E-state index in [4.69, 9.17) is 9.47 Å². The predicted molar refractivity (Wildman–Crippen MR) is 108 cm³/mol. The van der Waals surface area contributed by atoms with Gasteiger partial charge >= 0.3 is 6.09 Å². The lowest BCUT2D eigenvalue weighted by atomic mass is 9.91. The van der Waals surface area contributed by atoms with Gasteiger partial charge in [-0.25, -0.2) is 9.48 Å². The quantitative estimate of drug-likeness (QED) is 0.827. The molecule has 1 fully saturated rings. The molecule has 1 aromatic heterocycles. The number of hydrogen-bond acceptors (Lipinski definition) is 6. The Bertz CT molecular complexity index is 813. The van der Waals surface area contributed by atoms with Crippen LogP contribution in [0.2, 0.25) is 0 Å². The first-order valence-electron chi connectivity index (χ1n) is 9.94. The number of benzene rings is 1. The number of piperidine rings is 1. The van der Waals surface area contributed by atoms with Crippen LogP contribution in [0.3, 0.4) is 0 Å². The molecule has 0 spiro atoms. The molecule has 3 rings (SSSR count). The van der Waals surface area contributed by atoms with Crippen LogP contribution in [0.15, 0.2) is 30.5 Å². The fourth-order valence-electron chi connectivity index (χ4n) is 3.52. The fourth-order valence-corrected chi connectivity index (χ4v) is 3.52. The number of aryl methyl sites for hydroxylation is 2. The largest absolute Gasteiger partial charge is 0.497 e. The molecule has 1 aliphatic rings. The van der Waals surface area contributed by atoms with Gasteiger partial charge in [0.15, 0.2) is 0 Å². The van der Waals surface area contributed by atoms with Crippen LogP contribution in [0.4, 0.5) is 4.79 Å². The molecule has 1 amide bonds. The third-order valence-electron chi connectivity index (χ3n) is 5.03. The Labute approximate surface area is 171 Å². The second kappa shape index (κ2) is 8.82. The first-order chi connectivity index (χ1) is 13.8. The molecule has 0 aliphatic carbocycles. The summed E-state index contributed by atoms with van der Waals surface area (Å²) in [6.45, 7) is 6.94. The fraction of sp³-hybridized carbons (Fsp3) is 0.571. The van der Waals surface area contributed by atoms with Gasteiger partial charge in [0.25, 0.3) is 0 Å². The number of β-amino-alcohol motifs (C(OH)–C–C–N with tert-alkyl or cyclic N) is 1. The highest BCUT2D eigenvalue weighted by Gasteiger charge is 2.35. The van der Waals surface area contributed by atoms with Crippen molar-refractivity contribution < 1.29 is 19.4 Å². The number of carbonyl (C=O) groups excluding carboxylic acids is 1. The van der Waals surface area contributed by atoms with Gasteiger partial charge in [-0.3, -0.25) is 0 Å². The van der Waals surface area contributed by atoms with Gasteiger partial charge in [-0.1, -0.05) is 17.3 Å². The van der Waals surface area contributed by atoms with Crippen molar-refractivity contribution in [3.8, 4) is 5.75 Å².